The van der Waals surface area contributed by atoms with E-state index >= 15 is 0 Å². The quantitative estimate of drug-likeness (QED) is 0.183. The average Bonchev–Trinajstić information content (AvgIpc) is 3.72. The van der Waals surface area contributed by atoms with Crippen LogP contribution in [-0.4, -0.2) is 29.6 Å². The van der Waals surface area contributed by atoms with Gasteiger partial charge in [-0.05, 0) is 86.8 Å². The van der Waals surface area contributed by atoms with Crippen molar-refractivity contribution in [1.82, 2.24) is 0 Å². The van der Waals surface area contributed by atoms with Gasteiger partial charge in [0.2, 0.25) is 0 Å². The van der Waals surface area contributed by atoms with Crippen LogP contribution < -0.4 is 15.3 Å². The summed E-state index contributed by atoms with van der Waals surface area (Å²) < 4.78 is 0. The van der Waals surface area contributed by atoms with Crippen LogP contribution in [0, 0.1) is 5.92 Å². The lowest BCUT2D eigenvalue weighted by atomic mass is 9.84. The molecule has 0 bridgehead atoms. The topological polar surface area (TPSA) is 3.24 Å². The number of nitrogens with zero attached hydrogens (tertiary/aromatic N) is 1. The zero-order chi connectivity index (χ0) is 34.8. The maximum Gasteiger partial charge on any atom is 0.0964 e. The molecule has 4 aromatic rings. The van der Waals surface area contributed by atoms with Gasteiger partial charge >= 0.3 is 0 Å². The van der Waals surface area contributed by atoms with E-state index in [9.17, 15) is 0 Å². The first-order valence-electron chi connectivity index (χ1n) is 19.1. The van der Waals surface area contributed by atoms with Crippen LogP contribution >= 0.6 is 11.8 Å². The molecule has 0 amide bonds. The van der Waals surface area contributed by atoms with Gasteiger partial charge < -0.3 is 4.90 Å². The van der Waals surface area contributed by atoms with Crippen molar-refractivity contribution in [1.29, 1.82) is 0 Å². The summed E-state index contributed by atoms with van der Waals surface area (Å²) in [6.07, 6.45) is 30.3. The smallest absolute Gasteiger partial charge is 0.0964 e. The second-order valence-electron chi connectivity index (χ2n) is 15.0. The summed E-state index contributed by atoms with van der Waals surface area (Å²) in [6.45, 7) is 4.98. The van der Waals surface area contributed by atoms with Crippen molar-refractivity contribution >= 4 is 63.0 Å². The molecule has 52 heavy (non-hydrogen) atoms. The summed E-state index contributed by atoms with van der Waals surface area (Å²) >= 11 is 2.10. The predicted molar refractivity (Wildman–Crippen MR) is 231 cm³/mol. The van der Waals surface area contributed by atoms with E-state index in [-0.39, 0.29) is 15.6 Å². The molecule has 2 heterocycles. The number of hydrogen-bond donors (Lipinski definition) is 0. The molecule has 0 radical (unpaired) electrons. The lowest BCUT2D eigenvalue weighted by molar-refractivity contribution is 0.777. The van der Waals surface area contributed by atoms with Crippen molar-refractivity contribution in [2.45, 2.75) is 48.0 Å². The van der Waals surface area contributed by atoms with E-state index in [0.29, 0.717) is 17.1 Å². The number of anilines is 2. The largest absolute Gasteiger partial charge is 0.334 e. The fourth-order valence-electron chi connectivity index (χ4n) is 9.46. The van der Waals surface area contributed by atoms with Gasteiger partial charge in [0.05, 0.1) is 24.4 Å². The summed E-state index contributed by atoms with van der Waals surface area (Å²) in [6, 6.07) is 33.0. The van der Waals surface area contributed by atoms with Gasteiger partial charge in [0.15, 0.2) is 0 Å². The molecule has 0 saturated heterocycles. The highest BCUT2D eigenvalue weighted by Crippen LogP contribution is 2.53. The highest BCUT2D eigenvalue weighted by molar-refractivity contribution is 8.00. The maximum atomic E-state index is 2.65. The molecule has 0 aromatic heterocycles. The second-order valence-corrected chi connectivity index (χ2v) is 20.4. The van der Waals surface area contributed by atoms with Crippen molar-refractivity contribution in [2.24, 2.45) is 5.92 Å². The number of hydrogen-bond acceptors (Lipinski definition) is 2. The monoisotopic (exact) mass is 721 g/mol. The minimum atomic E-state index is -1.32. The fourth-order valence-corrected chi connectivity index (χ4v) is 14.9. The van der Waals surface area contributed by atoms with E-state index in [0.717, 1.165) is 12.8 Å². The third-order valence-corrected chi connectivity index (χ3v) is 17.9. The Morgan fingerprint density at radius 2 is 1.60 bits per heavy atom. The maximum absolute atomic E-state index is 2.65. The molecule has 0 saturated carbocycles. The van der Waals surface area contributed by atoms with Crippen LogP contribution in [0.25, 0.3) is 22.3 Å². The summed E-state index contributed by atoms with van der Waals surface area (Å²) in [5.74, 6) is 0.998. The minimum Gasteiger partial charge on any atom is -0.334 e. The molecule has 0 N–H and O–H groups in total. The minimum absolute atomic E-state index is 0.230. The van der Waals surface area contributed by atoms with Gasteiger partial charge in [-0.3, -0.25) is 0 Å². The molecule has 0 spiro atoms. The Hall–Kier alpha value is -4.62. The van der Waals surface area contributed by atoms with Gasteiger partial charge in [-0.25, -0.2) is 0 Å². The molecule has 2 aliphatic heterocycles. The SMILES string of the molecule is C[SiH2]c1ccccc1-c1cccc(N(c2cccc(C3=CCC4C=CC=CC4=C3)c2)C2C=CC3=C(C2)[SiH](C)c2ccc4c(c23)SC2C=CC=CC42)c1. The fraction of sp³-hybridized carbons (Fsp3) is 0.167. The van der Waals surface area contributed by atoms with Gasteiger partial charge in [0.1, 0.15) is 0 Å². The first-order valence-corrected chi connectivity index (χ1v) is 24.4. The Kier molecular flexibility index (Phi) is 8.08. The van der Waals surface area contributed by atoms with Gasteiger partial charge in [0, 0.05) is 33.4 Å². The van der Waals surface area contributed by atoms with Crippen molar-refractivity contribution in [2.75, 3.05) is 4.90 Å². The zero-order valence-electron chi connectivity index (χ0n) is 29.9. The Morgan fingerprint density at radius 3 is 2.48 bits per heavy atom. The number of allylic oxidation sites excluding steroid dienone is 13. The predicted octanol–water partition coefficient (Wildman–Crippen LogP) is 9.87. The highest BCUT2D eigenvalue weighted by atomic mass is 32.2. The molecule has 4 aliphatic carbocycles. The van der Waals surface area contributed by atoms with Gasteiger partial charge in [-0.1, -0.05) is 157 Å². The van der Waals surface area contributed by atoms with Crippen molar-refractivity contribution in [3.8, 4) is 11.1 Å². The van der Waals surface area contributed by atoms with Crippen LogP contribution in [0.3, 0.4) is 0 Å². The summed E-state index contributed by atoms with van der Waals surface area (Å²) in [5.41, 5.74) is 13.9. The van der Waals surface area contributed by atoms with Gasteiger partial charge in [0.25, 0.3) is 0 Å². The normalized spacial score (nSPS) is 24.8. The molecule has 10 rings (SSSR count). The van der Waals surface area contributed by atoms with E-state index < -0.39 is 8.80 Å². The molecular formula is C48H43NSSi2. The van der Waals surface area contributed by atoms with Gasteiger partial charge in [-0.15, -0.1) is 11.8 Å². The van der Waals surface area contributed by atoms with Crippen LogP contribution in [0.15, 0.2) is 174 Å². The lowest BCUT2D eigenvalue weighted by Gasteiger charge is -2.35. The molecule has 254 valence electrons. The van der Waals surface area contributed by atoms with E-state index in [4.69, 9.17) is 0 Å². The standard InChI is InChI=1S/C48H43NSSi2/c1-51-44-20-8-6-17-39(44)35-14-10-16-37(29-35)49(36-15-9-13-33(28-36)34-22-21-31-11-3-4-12-32(31)27-34)38-23-24-42-46(30-38)52(2)45-26-25-41-40-18-5-7-19-43(40)50-48(41)47(42)45/h3-20,22-29,31,38,40,43,52H,21,30,51H2,1-2H3. The Bertz CT molecular complexity index is 2380. The first kappa shape index (κ1) is 32.1. The zero-order valence-corrected chi connectivity index (χ0v) is 33.3. The first-order chi connectivity index (χ1) is 25.6. The van der Waals surface area contributed by atoms with Crippen LogP contribution in [0.2, 0.25) is 13.1 Å². The van der Waals surface area contributed by atoms with Crippen LogP contribution in [-0.2, 0) is 0 Å². The third-order valence-electron chi connectivity index (χ3n) is 12.1. The molecule has 4 aromatic carbocycles. The molecule has 4 heteroatoms. The number of fused-ring (bicyclic) bond motifs is 7. The highest BCUT2D eigenvalue weighted by Gasteiger charge is 2.40. The van der Waals surface area contributed by atoms with Crippen LogP contribution in [0.5, 0.6) is 0 Å². The molecule has 5 unspecified atom stereocenters. The summed E-state index contributed by atoms with van der Waals surface area (Å²) in [4.78, 5) is 4.20. The molecule has 5 atom stereocenters. The molecule has 1 nitrogen and oxygen atoms in total. The number of rotatable bonds is 6. The lowest BCUT2D eigenvalue weighted by Crippen LogP contribution is -2.34. The summed E-state index contributed by atoms with van der Waals surface area (Å²) in [5, 5.41) is 5.42. The summed E-state index contributed by atoms with van der Waals surface area (Å²) in [7, 11) is -1.64. The van der Waals surface area contributed by atoms with Crippen molar-refractivity contribution in [3.05, 3.63) is 185 Å². The van der Waals surface area contributed by atoms with Crippen molar-refractivity contribution in [3.63, 3.8) is 0 Å². The van der Waals surface area contributed by atoms with E-state index in [1.807, 2.05) is 0 Å². The Labute approximate surface area is 316 Å². The third kappa shape index (κ3) is 5.34. The number of thioether (sulfide) groups is 1. The van der Waals surface area contributed by atoms with E-state index in [1.54, 1.807) is 20.8 Å². The Morgan fingerprint density at radius 1 is 0.788 bits per heavy atom. The van der Waals surface area contributed by atoms with Gasteiger partial charge in [-0.2, -0.15) is 0 Å². The number of benzene rings is 4. The van der Waals surface area contributed by atoms with E-state index in [1.165, 1.54) is 55.5 Å². The van der Waals surface area contributed by atoms with E-state index in [2.05, 4.69) is 188 Å². The van der Waals surface area contributed by atoms with Crippen LogP contribution in [0.4, 0.5) is 11.4 Å². The second kappa shape index (κ2) is 13.1. The van der Waals surface area contributed by atoms with Crippen molar-refractivity contribution < 1.29 is 0 Å². The van der Waals surface area contributed by atoms with Crippen LogP contribution in [0.1, 0.15) is 35.4 Å². The molecular weight excluding hydrogens is 679 g/mol. The average molecular weight is 722 g/mol. The molecule has 6 aliphatic rings. The molecule has 0 fully saturated rings. The Balaban J connectivity index is 1.06.